The lowest BCUT2D eigenvalue weighted by molar-refractivity contribution is -0.137. The highest BCUT2D eigenvalue weighted by molar-refractivity contribution is 5.83. The summed E-state index contributed by atoms with van der Waals surface area (Å²) in [4.78, 5) is 11.5. The summed E-state index contributed by atoms with van der Waals surface area (Å²) in [6.45, 7) is 3.68. The van der Waals surface area contributed by atoms with Crippen molar-refractivity contribution in [1.82, 2.24) is 0 Å². The molecule has 0 N–H and O–H groups in total. The molecule has 2 aliphatic rings. The molecule has 2 rings (SSSR count). The van der Waals surface area contributed by atoms with Crippen LogP contribution in [-0.4, -0.2) is 25.8 Å². The molecule has 1 aliphatic carbocycles. The van der Waals surface area contributed by atoms with Gasteiger partial charge in [-0.05, 0) is 37.3 Å². The highest BCUT2D eigenvalue weighted by Crippen LogP contribution is 2.26. The molecule has 0 aromatic heterocycles. The third kappa shape index (κ3) is 3.57. The van der Waals surface area contributed by atoms with Crippen molar-refractivity contribution in [1.29, 1.82) is 0 Å². The van der Waals surface area contributed by atoms with Gasteiger partial charge in [-0.1, -0.05) is 18.2 Å². The summed E-state index contributed by atoms with van der Waals surface area (Å²) in [5.41, 5.74) is 2.33. The summed E-state index contributed by atoms with van der Waals surface area (Å²) in [5.74, 6) is 0.140. The zero-order valence-corrected chi connectivity index (χ0v) is 10.9. The SMILES string of the molecule is CCOC(=O)/C=C1/C=C2/COCC2/C=C\CCC1. The van der Waals surface area contributed by atoms with E-state index in [-0.39, 0.29) is 5.97 Å². The van der Waals surface area contributed by atoms with Crippen LogP contribution in [-0.2, 0) is 14.3 Å². The lowest BCUT2D eigenvalue weighted by Crippen LogP contribution is -2.02. The highest BCUT2D eigenvalue weighted by atomic mass is 16.5. The lowest BCUT2D eigenvalue weighted by atomic mass is 9.99. The molecule has 0 aromatic carbocycles. The first kappa shape index (κ1) is 13.1. The Morgan fingerprint density at radius 2 is 2.50 bits per heavy atom. The second kappa shape index (κ2) is 6.55. The maximum Gasteiger partial charge on any atom is 0.331 e. The van der Waals surface area contributed by atoms with Crippen LogP contribution in [0.3, 0.4) is 0 Å². The monoisotopic (exact) mass is 248 g/mol. The van der Waals surface area contributed by atoms with Gasteiger partial charge in [0.05, 0.1) is 19.8 Å². The number of allylic oxidation sites excluding steroid dienone is 3. The van der Waals surface area contributed by atoms with Crippen molar-refractivity contribution in [2.45, 2.75) is 26.2 Å². The van der Waals surface area contributed by atoms with Crippen molar-refractivity contribution in [3.05, 3.63) is 35.5 Å². The van der Waals surface area contributed by atoms with E-state index in [2.05, 4.69) is 18.2 Å². The van der Waals surface area contributed by atoms with Gasteiger partial charge in [-0.3, -0.25) is 0 Å². The van der Waals surface area contributed by atoms with Crippen molar-refractivity contribution in [2.24, 2.45) is 5.92 Å². The van der Waals surface area contributed by atoms with Crippen molar-refractivity contribution in [3.63, 3.8) is 0 Å². The number of carbonyl (C=O) groups is 1. The molecule has 1 aliphatic heterocycles. The molecule has 18 heavy (non-hydrogen) atoms. The third-order valence-corrected chi connectivity index (χ3v) is 3.21. The fourth-order valence-electron chi connectivity index (χ4n) is 2.29. The van der Waals surface area contributed by atoms with E-state index in [9.17, 15) is 4.79 Å². The van der Waals surface area contributed by atoms with Crippen LogP contribution in [0.1, 0.15) is 26.2 Å². The first-order chi connectivity index (χ1) is 8.79. The van der Waals surface area contributed by atoms with Crippen LogP contribution in [0.25, 0.3) is 0 Å². The fraction of sp³-hybridized carbons (Fsp3) is 0.533. The standard InChI is InChI=1S/C15H20O3/c1-2-18-15(16)9-12-6-4-3-5-7-13-10-17-11-14(13)8-12/h5,7-9,13H,2-4,6,10-11H2,1H3/b7-5-,12-9+,14-8-. The summed E-state index contributed by atoms with van der Waals surface area (Å²) in [7, 11) is 0. The first-order valence-corrected chi connectivity index (χ1v) is 6.62. The number of rotatable bonds is 2. The van der Waals surface area contributed by atoms with E-state index < -0.39 is 0 Å². The highest BCUT2D eigenvalue weighted by Gasteiger charge is 2.20. The Bertz CT molecular complexity index is 391. The third-order valence-electron chi connectivity index (χ3n) is 3.21. The number of fused-ring (bicyclic) bond motifs is 1. The zero-order chi connectivity index (χ0) is 12.8. The van der Waals surface area contributed by atoms with Gasteiger partial charge in [0.25, 0.3) is 0 Å². The Hall–Kier alpha value is -1.35. The van der Waals surface area contributed by atoms with Gasteiger partial charge in [-0.25, -0.2) is 4.79 Å². The summed E-state index contributed by atoms with van der Waals surface area (Å²) >= 11 is 0. The van der Waals surface area contributed by atoms with Crippen LogP contribution < -0.4 is 0 Å². The quantitative estimate of drug-likeness (QED) is 0.428. The molecule has 1 fully saturated rings. The predicted molar refractivity (Wildman–Crippen MR) is 70.1 cm³/mol. The number of ether oxygens (including phenoxy) is 2. The van der Waals surface area contributed by atoms with E-state index in [0.29, 0.717) is 19.1 Å². The van der Waals surface area contributed by atoms with Gasteiger partial charge in [0.15, 0.2) is 0 Å². The van der Waals surface area contributed by atoms with Crippen molar-refractivity contribution >= 4 is 5.97 Å². The molecule has 0 saturated carbocycles. The molecule has 1 heterocycles. The van der Waals surface area contributed by atoms with E-state index in [4.69, 9.17) is 9.47 Å². The molecule has 0 amide bonds. The number of carbonyl (C=O) groups excluding carboxylic acids is 1. The minimum atomic E-state index is -0.243. The Morgan fingerprint density at radius 1 is 1.61 bits per heavy atom. The minimum absolute atomic E-state index is 0.243. The number of hydrogen-bond acceptors (Lipinski definition) is 3. The van der Waals surface area contributed by atoms with Crippen molar-refractivity contribution in [2.75, 3.05) is 19.8 Å². The summed E-state index contributed by atoms with van der Waals surface area (Å²) in [5, 5.41) is 0. The second-order valence-corrected chi connectivity index (χ2v) is 4.63. The summed E-state index contributed by atoms with van der Waals surface area (Å²) < 4.78 is 10.4. The van der Waals surface area contributed by atoms with Crippen LogP contribution in [0.4, 0.5) is 0 Å². The maximum absolute atomic E-state index is 11.5. The maximum atomic E-state index is 11.5. The van der Waals surface area contributed by atoms with E-state index in [1.54, 1.807) is 6.08 Å². The average Bonchev–Trinajstić information content (AvgIpc) is 2.77. The number of hydrogen-bond donors (Lipinski definition) is 0. The van der Waals surface area contributed by atoms with Gasteiger partial charge >= 0.3 is 5.97 Å². The smallest absolute Gasteiger partial charge is 0.331 e. The topological polar surface area (TPSA) is 35.5 Å². The molecule has 98 valence electrons. The molecular weight excluding hydrogens is 228 g/mol. The first-order valence-electron chi connectivity index (χ1n) is 6.62. The molecule has 1 unspecified atom stereocenters. The summed E-state index contributed by atoms with van der Waals surface area (Å²) in [6, 6.07) is 0. The van der Waals surface area contributed by atoms with E-state index >= 15 is 0 Å². The van der Waals surface area contributed by atoms with Gasteiger partial charge < -0.3 is 9.47 Å². The molecule has 0 spiro atoms. The fourth-order valence-corrected chi connectivity index (χ4v) is 2.29. The van der Waals surface area contributed by atoms with Gasteiger partial charge in [0, 0.05) is 12.0 Å². The second-order valence-electron chi connectivity index (χ2n) is 4.63. The van der Waals surface area contributed by atoms with Gasteiger partial charge in [0.1, 0.15) is 0 Å². The van der Waals surface area contributed by atoms with Gasteiger partial charge in [0.2, 0.25) is 0 Å². The largest absolute Gasteiger partial charge is 0.463 e. The lowest BCUT2D eigenvalue weighted by Gasteiger charge is -2.05. The average molecular weight is 248 g/mol. The van der Waals surface area contributed by atoms with Crippen molar-refractivity contribution < 1.29 is 14.3 Å². The summed E-state index contributed by atoms with van der Waals surface area (Å²) in [6.07, 6.45) is 11.2. The van der Waals surface area contributed by atoms with Crippen LogP contribution >= 0.6 is 0 Å². The Kier molecular flexibility index (Phi) is 4.76. The van der Waals surface area contributed by atoms with Gasteiger partial charge in [-0.2, -0.15) is 0 Å². The molecular formula is C15H20O3. The Balaban J connectivity index is 2.16. The van der Waals surface area contributed by atoms with E-state index in [1.165, 1.54) is 5.57 Å². The Morgan fingerprint density at radius 3 is 3.33 bits per heavy atom. The molecule has 1 saturated heterocycles. The zero-order valence-electron chi connectivity index (χ0n) is 10.9. The molecule has 0 bridgehead atoms. The molecule has 0 aromatic rings. The normalized spacial score (nSPS) is 30.6. The predicted octanol–water partition coefficient (Wildman–Crippen LogP) is 2.79. The molecule has 0 radical (unpaired) electrons. The van der Waals surface area contributed by atoms with Crippen molar-refractivity contribution in [3.8, 4) is 0 Å². The minimum Gasteiger partial charge on any atom is -0.463 e. The van der Waals surface area contributed by atoms with Crippen LogP contribution in [0.2, 0.25) is 0 Å². The van der Waals surface area contributed by atoms with Crippen LogP contribution in [0, 0.1) is 5.92 Å². The van der Waals surface area contributed by atoms with Crippen LogP contribution in [0.15, 0.2) is 35.5 Å². The molecule has 3 nitrogen and oxygen atoms in total. The molecule has 1 atom stereocenters. The number of esters is 1. The van der Waals surface area contributed by atoms with Crippen LogP contribution in [0.5, 0.6) is 0 Å². The molecule has 3 heteroatoms. The Labute approximate surface area is 108 Å². The van der Waals surface area contributed by atoms with E-state index in [1.807, 2.05) is 6.92 Å². The van der Waals surface area contributed by atoms with E-state index in [0.717, 1.165) is 31.4 Å². The van der Waals surface area contributed by atoms with Gasteiger partial charge in [-0.15, -0.1) is 0 Å².